The highest BCUT2D eigenvalue weighted by Crippen LogP contribution is 2.34. The van der Waals surface area contributed by atoms with Crippen molar-refractivity contribution in [2.45, 2.75) is 56.4 Å². The maximum Gasteiger partial charge on any atom is 0.410 e. The van der Waals surface area contributed by atoms with Crippen LogP contribution in [-0.2, 0) is 21.0 Å². The highest BCUT2D eigenvalue weighted by atomic mass is 35.5. The van der Waals surface area contributed by atoms with Crippen LogP contribution in [0.5, 0.6) is 0 Å². The van der Waals surface area contributed by atoms with Crippen molar-refractivity contribution >= 4 is 27.5 Å². The van der Waals surface area contributed by atoms with Gasteiger partial charge in [0.2, 0.25) is 0 Å². The molecule has 0 radical (unpaired) electrons. The molecule has 0 bridgehead atoms. The van der Waals surface area contributed by atoms with E-state index >= 15 is 0 Å². The van der Waals surface area contributed by atoms with Crippen molar-refractivity contribution in [2.75, 3.05) is 18.8 Å². The van der Waals surface area contributed by atoms with Gasteiger partial charge in [-0.05, 0) is 33.6 Å². The minimum absolute atomic E-state index is 0.0204. The summed E-state index contributed by atoms with van der Waals surface area (Å²) in [4.78, 5) is 22.6. The largest absolute Gasteiger partial charge is 0.444 e. The number of piperidine rings is 1. The van der Waals surface area contributed by atoms with E-state index in [1.807, 2.05) is 20.8 Å². The Hall–Kier alpha value is -1.41. The molecule has 9 heteroatoms. The van der Waals surface area contributed by atoms with E-state index in [1.54, 1.807) is 4.90 Å². The number of hydrogen-bond donors (Lipinski definition) is 0. The van der Waals surface area contributed by atoms with E-state index in [4.69, 9.17) is 16.3 Å². The Labute approximate surface area is 152 Å². The molecular formula is C16H22ClN3O4S. The van der Waals surface area contributed by atoms with Gasteiger partial charge in [0.1, 0.15) is 16.3 Å². The molecule has 0 aromatic carbocycles. The summed E-state index contributed by atoms with van der Waals surface area (Å²) in [5.41, 5.74) is 0.000309. The fourth-order valence-corrected chi connectivity index (χ4v) is 5.15. The average Bonchev–Trinajstić information content (AvgIpc) is 2.81. The predicted molar refractivity (Wildman–Crippen MR) is 92.6 cm³/mol. The summed E-state index contributed by atoms with van der Waals surface area (Å²) in [5.74, 6) is 0.673. The van der Waals surface area contributed by atoms with Crippen molar-refractivity contribution in [2.24, 2.45) is 0 Å². The highest BCUT2D eigenvalue weighted by molar-refractivity contribution is 7.91. The molecule has 1 amide bonds. The minimum Gasteiger partial charge on any atom is -0.444 e. The number of rotatable bonds is 1. The van der Waals surface area contributed by atoms with Crippen LogP contribution in [0.4, 0.5) is 4.79 Å². The number of halogens is 1. The van der Waals surface area contributed by atoms with Gasteiger partial charge in [0.25, 0.3) is 0 Å². The molecule has 2 aliphatic rings. The number of aromatic nitrogens is 2. The van der Waals surface area contributed by atoms with E-state index in [0.29, 0.717) is 43.9 Å². The monoisotopic (exact) mass is 387 g/mol. The maximum absolute atomic E-state index is 12.1. The zero-order valence-corrected chi connectivity index (χ0v) is 16.2. The van der Waals surface area contributed by atoms with Gasteiger partial charge in [0, 0.05) is 25.4 Å². The van der Waals surface area contributed by atoms with Crippen LogP contribution in [-0.4, -0.2) is 53.8 Å². The molecule has 25 heavy (non-hydrogen) atoms. The standard InChI is InChI=1S/C16H22ClN3O4S/c1-16(2,3)24-15(21)20-7-4-10(5-8-20)14-18-11-6-9-25(22,23)12(11)13(17)19-14/h10H,4-9H2,1-3H3. The average molecular weight is 388 g/mol. The van der Waals surface area contributed by atoms with E-state index in [2.05, 4.69) is 9.97 Å². The number of nitrogens with zero attached hydrogens (tertiary/aromatic N) is 3. The Morgan fingerprint density at radius 3 is 2.48 bits per heavy atom. The summed E-state index contributed by atoms with van der Waals surface area (Å²) in [7, 11) is -3.35. The molecule has 1 aromatic rings. The molecule has 1 fully saturated rings. The first kappa shape index (κ1) is 18.4. The van der Waals surface area contributed by atoms with Gasteiger partial charge in [-0.1, -0.05) is 11.6 Å². The van der Waals surface area contributed by atoms with E-state index in [0.717, 1.165) is 0 Å². The van der Waals surface area contributed by atoms with Crippen LogP contribution in [0.2, 0.25) is 5.15 Å². The fourth-order valence-electron chi connectivity index (χ4n) is 3.12. The maximum atomic E-state index is 12.1. The molecular weight excluding hydrogens is 366 g/mol. The Kier molecular flexibility index (Phi) is 4.70. The van der Waals surface area contributed by atoms with E-state index in [1.165, 1.54) is 0 Å². The summed E-state index contributed by atoms with van der Waals surface area (Å²) in [6, 6.07) is 0. The predicted octanol–water partition coefficient (Wildman–Crippen LogP) is 2.57. The molecule has 0 N–H and O–H groups in total. The van der Waals surface area contributed by atoms with Gasteiger partial charge < -0.3 is 9.64 Å². The van der Waals surface area contributed by atoms with Gasteiger partial charge in [0.15, 0.2) is 15.0 Å². The lowest BCUT2D eigenvalue weighted by Gasteiger charge is -2.33. The Morgan fingerprint density at radius 2 is 1.88 bits per heavy atom. The van der Waals surface area contributed by atoms with E-state index in [9.17, 15) is 13.2 Å². The third-order valence-corrected chi connectivity index (χ3v) is 6.52. The normalized spacial score (nSPS) is 20.4. The van der Waals surface area contributed by atoms with Crippen LogP contribution >= 0.6 is 11.6 Å². The second-order valence-corrected chi connectivity index (χ2v) is 9.86. The van der Waals surface area contributed by atoms with Crippen LogP contribution in [0.1, 0.15) is 51.0 Å². The summed E-state index contributed by atoms with van der Waals surface area (Å²) in [5, 5.41) is 0.0204. The second kappa shape index (κ2) is 6.39. The molecule has 0 unspecified atom stereocenters. The fraction of sp³-hybridized carbons (Fsp3) is 0.688. The Balaban J connectivity index is 1.70. The molecule has 0 atom stereocenters. The van der Waals surface area contributed by atoms with Crippen LogP contribution in [0, 0.1) is 0 Å². The molecule has 0 aliphatic carbocycles. The SMILES string of the molecule is CC(C)(C)OC(=O)N1CCC(c2nc(Cl)c3c(n2)CCS3(=O)=O)CC1. The first-order valence-corrected chi connectivity index (χ1v) is 10.4. The molecule has 138 valence electrons. The number of carbonyl (C=O) groups is 1. The summed E-state index contributed by atoms with van der Waals surface area (Å²) in [6.07, 6.45) is 1.45. The number of hydrogen-bond acceptors (Lipinski definition) is 6. The van der Waals surface area contributed by atoms with E-state index < -0.39 is 15.4 Å². The lowest BCUT2D eigenvalue weighted by Crippen LogP contribution is -2.41. The van der Waals surface area contributed by atoms with Crippen molar-refractivity contribution in [3.63, 3.8) is 0 Å². The summed E-state index contributed by atoms with van der Waals surface area (Å²) < 4.78 is 29.3. The van der Waals surface area contributed by atoms with Gasteiger partial charge in [-0.25, -0.2) is 23.2 Å². The molecule has 2 aliphatic heterocycles. The number of fused-ring (bicyclic) bond motifs is 1. The first-order valence-electron chi connectivity index (χ1n) is 8.34. The van der Waals surface area contributed by atoms with Crippen molar-refractivity contribution < 1.29 is 17.9 Å². The number of ether oxygens (including phenoxy) is 1. The second-order valence-electron chi connectivity index (χ2n) is 7.46. The zero-order valence-electron chi connectivity index (χ0n) is 14.6. The number of likely N-dealkylation sites (tertiary alicyclic amines) is 1. The van der Waals surface area contributed by atoms with Gasteiger partial charge in [-0.3, -0.25) is 0 Å². The number of aryl methyl sites for hydroxylation is 1. The third-order valence-electron chi connectivity index (χ3n) is 4.34. The number of carbonyl (C=O) groups excluding carboxylic acids is 1. The lowest BCUT2D eigenvalue weighted by molar-refractivity contribution is 0.0203. The number of amides is 1. The lowest BCUT2D eigenvalue weighted by atomic mass is 9.96. The van der Waals surface area contributed by atoms with Crippen LogP contribution in [0.25, 0.3) is 0 Å². The van der Waals surface area contributed by atoms with Crippen molar-refractivity contribution in [3.8, 4) is 0 Å². The van der Waals surface area contributed by atoms with Crippen molar-refractivity contribution in [3.05, 3.63) is 16.7 Å². The Morgan fingerprint density at radius 1 is 1.24 bits per heavy atom. The van der Waals surface area contributed by atoms with Gasteiger partial charge in [0.05, 0.1) is 11.4 Å². The summed E-state index contributed by atoms with van der Waals surface area (Å²) >= 11 is 6.12. The summed E-state index contributed by atoms with van der Waals surface area (Å²) in [6.45, 7) is 6.62. The van der Waals surface area contributed by atoms with Crippen LogP contribution < -0.4 is 0 Å². The third kappa shape index (κ3) is 3.89. The molecule has 0 saturated carbocycles. The minimum atomic E-state index is -3.35. The van der Waals surface area contributed by atoms with Crippen molar-refractivity contribution in [1.82, 2.24) is 14.9 Å². The van der Waals surface area contributed by atoms with Gasteiger partial charge >= 0.3 is 6.09 Å². The molecule has 3 heterocycles. The Bertz CT molecular complexity index is 796. The topological polar surface area (TPSA) is 89.5 Å². The molecule has 0 spiro atoms. The quantitative estimate of drug-likeness (QED) is 0.688. The highest BCUT2D eigenvalue weighted by Gasteiger charge is 2.34. The zero-order chi connectivity index (χ0) is 18.4. The molecule has 1 aromatic heterocycles. The van der Waals surface area contributed by atoms with E-state index in [-0.39, 0.29) is 27.8 Å². The first-order chi connectivity index (χ1) is 11.6. The molecule has 7 nitrogen and oxygen atoms in total. The number of sulfone groups is 1. The van der Waals surface area contributed by atoms with Crippen molar-refractivity contribution in [1.29, 1.82) is 0 Å². The van der Waals surface area contributed by atoms with Crippen LogP contribution in [0.3, 0.4) is 0 Å². The molecule has 1 saturated heterocycles. The van der Waals surface area contributed by atoms with Gasteiger partial charge in [-0.15, -0.1) is 0 Å². The van der Waals surface area contributed by atoms with Crippen LogP contribution in [0.15, 0.2) is 4.90 Å². The molecule has 3 rings (SSSR count). The van der Waals surface area contributed by atoms with Gasteiger partial charge in [-0.2, -0.15) is 0 Å². The smallest absolute Gasteiger partial charge is 0.410 e.